The third-order valence-corrected chi connectivity index (χ3v) is 28.9. The largest absolute Gasteiger partial charge is 0.456 e. The van der Waals surface area contributed by atoms with Crippen LogP contribution in [0.4, 0.5) is 0 Å². The Hall–Kier alpha value is -18.0. The molecule has 0 N–H and O–H groups in total. The summed E-state index contributed by atoms with van der Waals surface area (Å²) in [5.41, 5.74) is 12.4. The summed E-state index contributed by atoms with van der Waals surface area (Å²) in [5, 5.41) is 22.2. The van der Waals surface area contributed by atoms with Gasteiger partial charge in [0.2, 0.25) is 0 Å². The summed E-state index contributed by atoms with van der Waals surface area (Å²) >= 11 is 0. The van der Waals surface area contributed by atoms with Crippen LogP contribution in [0.1, 0.15) is 57.9 Å². The van der Waals surface area contributed by atoms with Gasteiger partial charge in [-0.3, -0.25) is 0 Å². The molecule has 140 heavy (non-hydrogen) atoms. The molecule has 3 heterocycles. The lowest BCUT2D eigenvalue weighted by Crippen LogP contribution is -2.16. The first-order valence-electron chi connectivity index (χ1n) is 58.6. The van der Waals surface area contributed by atoms with E-state index in [1.54, 1.807) is 6.07 Å². The van der Waals surface area contributed by atoms with Gasteiger partial charge in [-0.2, -0.15) is 0 Å². The van der Waals surface area contributed by atoms with E-state index in [0.29, 0.717) is 116 Å². The van der Waals surface area contributed by atoms with E-state index in [1.807, 2.05) is 297 Å². The smallest absolute Gasteiger partial charge is 0.136 e. The molecular weight excluding hydrogens is 1690 g/mol. The SMILES string of the molecule is [2H]c1c([2H])c([2H])c2c(-c3cccc4oc5cc6ccccc6cc5c34)c3c([2H])c([2H])c([2H])c([2H])c3c(-c3cc4ccc5ccccc5c4c4ccccc34)c2c1[2H].[2H]c1c([2H])c([2H])c2c(-c3cccc4oc5cc6ccccc6cc5c34)c3c([2H])c([2H])c([2H])c([2H])c3c(-c3ccc4c(ccc5ccccc54)c3)c2c1[2H].[2H]c1c([2H])c([2H])c2c(-c3cccc4oc5cc6ccccc6cc5c34)c3c([2H])c([2H])c([2H])c([2H])c3c(-c3cccc4c3C(C)(C)c3ccccc3-4)c2c1[2H]. The molecule has 0 saturated heterocycles. The zero-order valence-corrected chi connectivity index (χ0v) is 74.9. The standard InChI is InChI=1S/C48H28O.C45H30O.C44H26O/c1-2-14-31-28-44-42(26-30(31)13-1)48-40(22-11-23-43(48)49-44)46-36-18-7-9-20-38(36)47(39-21-10-8-19-37(39)46)41-27-32-25-24-29-12-3-4-15-33(29)45(32)35-17-6-5-16-34(35)41;1-45(2)38-23-10-9-15-29(38)34-20-11-22-36(44(34)45)42-32-18-7-5-16-30(32)41(31-17-6-8-19-33(31)42)35-21-12-24-39-43(35)37-25-27-13-3-4-14-28(27)26-40(37)46-39;1-2-12-29-26-41-39(25-28(29)11-1)44-38(18-9-19-40(44)45-41)43-36-16-7-5-14-34(36)42(35-15-6-8-17-37(35)43)31-22-23-33-30(24-31)21-20-27-10-3-4-13-32(27)33/h1-28H;3-26H,1-2H3;1-26H/i7D,8D,9D,10D,18D,19D,20D,21D;5D,6D,7D,8D,16D,17D,18D,19D;5D,6D,7D,8D,14D,15D,16D,17D. The van der Waals surface area contributed by atoms with E-state index in [-0.39, 0.29) is 137 Å². The number of rotatable bonds is 6. The molecule has 3 aromatic heterocycles. The van der Waals surface area contributed by atoms with Crippen molar-refractivity contribution in [1.29, 1.82) is 0 Å². The van der Waals surface area contributed by atoms with Crippen molar-refractivity contribution in [3.8, 4) is 77.9 Å². The van der Waals surface area contributed by atoms with Gasteiger partial charge in [-0.25, -0.2) is 0 Å². The minimum absolute atomic E-state index is 0.166. The van der Waals surface area contributed by atoms with Crippen molar-refractivity contribution in [1.82, 2.24) is 0 Å². The summed E-state index contributed by atoms with van der Waals surface area (Å²) in [6.07, 6.45) is 0. The van der Waals surface area contributed by atoms with E-state index in [2.05, 4.69) is 38.1 Å². The van der Waals surface area contributed by atoms with Gasteiger partial charge in [0.1, 0.15) is 33.5 Å². The average Bonchev–Trinajstić information content (AvgIpc) is 1.14. The van der Waals surface area contributed by atoms with Gasteiger partial charge in [0.25, 0.3) is 0 Å². The van der Waals surface area contributed by atoms with Crippen LogP contribution in [-0.2, 0) is 5.41 Å². The highest BCUT2D eigenvalue weighted by molar-refractivity contribution is 6.33. The summed E-state index contributed by atoms with van der Waals surface area (Å²) in [4.78, 5) is 0. The Bertz CT molecular complexity index is 12000. The van der Waals surface area contributed by atoms with Crippen LogP contribution in [0, 0.1) is 0 Å². The van der Waals surface area contributed by atoms with Gasteiger partial charge in [-0.05, 0) is 307 Å². The zero-order valence-electron chi connectivity index (χ0n) is 98.9. The van der Waals surface area contributed by atoms with E-state index < -0.39 is 77.9 Å². The minimum Gasteiger partial charge on any atom is -0.456 e. The topological polar surface area (TPSA) is 39.4 Å². The maximum absolute atomic E-state index is 9.60. The van der Waals surface area contributed by atoms with Crippen LogP contribution in [0.5, 0.6) is 0 Å². The number of furan rings is 3. The van der Waals surface area contributed by atoms with Crippen LogP contribution in [0.15, 0.2) is 486 Å². The van der Waals surface area contributed by atoms with Crippen LogP contribution < -0.4 is 0 Å². The number of fused-ring (bicyclic) bond motifs is 29. The number of hydrogen-bond donors (Lipinski definition) is 0. The molecule has 27 aromatic carbocycles. The van der Waals surface area contributed by atoms with Crippen molar-refractivity contribution in [2.45, 2.75) is 19.3 Å². The highest BCUT2D eigenvalue weighted by Gasteiger charge is 2.39. The van der Waals surface area contributed by atoms with E-state index in [4.69, 9.17) is 29.7 Å². The fourth-order valence-corrected chi connectivity index (χ4v) is 23.0. The molecule has 1 aliphatic carbocycles. The normalized spacial score (nSPS) is 15.0. The molecule has 0 unspecified atom stereocenters. The fraction of sp³-hybridized carbons (Fsp3) is 0.0219. The molecule has 0 amide bonds. The van der Waals surface area contributed by atoms with Gasteiger partial charge in [0.05, 0.1) is 32.9 Å². The van der Waals surface area contributed by atoms with Gasteiger partial charge in [0.15, 0.2) is 0 Å². The van der Waals surface area contributed by atoms with E-state index >= 15 is 0 Å². The Labute approximate surface area is 839 Å². The Morgan fingerprint density at radius 3 is 0.907 bits per heavy atom. The summed E-state index contributed by atoms with van der Waals surface area (Å²) in [6.45, 7) is 4.25. The van der Waals surface area contributed by atoms with E-state index in [9.17, 15) is 16.4 Å². The zero-order chi connectivity index (χ0) is 113. The summed E-state index contributed by atoms with van der Waals surface area (Å²) in [7, 11) is 0. The second-order valence-corrected chi connectivity index (χ2v) is 36.7. The maximum atomic E-state index is 9.60. The molecule has 1 aliphatic rings. The molecule has 0 bridgehead atoms. The van der Waals surface area contributed by atoms with Gasteiger partial charge in [-0.15, -0.1) is 0 Å². The third kappa shape index (κ3) is 12.0. The van der Waals surface area contributed by atoms with Crippen molar-refractivity contribution in [2.24, 2.45) is 0 Å². The first-order valence-corrected chi connectivity index (χ1v) is 46.6. The number of hydrogen-bond acceptors (Lipinski definition) is 3. The molecule has 0 atom stereocenters. The molecule has 0 radical (unpaired) electrons. The lowest BCUT2D eigenvalue weighted by molar-refractivity contribution is 0.662. The molecular formula is C137H84O3. The van der Waals surface area contributed by atoms with Crippen molar-refractivity contribution in [3.05, 3.63) is 484 Å². The third-order valence-electron chi connectivity index (χ3n) is 28.9. The number of benzene rings is 27. The summed E-state index contributed by atoms with van der Waals surface area (Å²) < 4.78 is 241. The Morgan fingerprint density at radius 1 is 0.171 bits per heavy atom. The van der Waals surface area contributed by atoms with Crippen molar-refractivity contribution in [2.75, 3.05) is 0 Å². The molecule has 0 fully saturated rings. The molecule has 31 rings (SSSR count). The fourth-order valence-electron chi connectivity index (χ4n) is 23.0. The predicted molar refractivity (Wildman–Crippen MR) is 596 cm³/mol. The van der Waals surface area contributed by atoms with Gasteiger partial charge < -0.3 is 13.3 Å². The van der Waals surface area contributed by atoms with Crippen molar-refractivity contribution >= 4 is 217 Å². The van der Waals surface area contributed by atoms with Gasteiger partial charge in [-0.1, -0.05) is 420 Å². The minimum atomic E-state index is -0.541. The molecule has 0 aliphatic heterocycles. The Balaban J connectivity index is 0.000000112. The average molecular weight is 1800 g/mol. The van der Waals surface area contributed by atoms with Crippen LogP contribution in [0.3, 0.4) is 0 Å². The predicted octanol–water partition coefficient (Wildman–Crippen LogP) is 39.2. The first-order chi connectivity index (χ1) is 79.2. The second kappa shape index (κ2) is 31.0. The van der Waals surface area contributed by atoms with E-state index in [1.165, 1.54) is 0 Å². The molecule has 0 spiro atoms. The highest BCUT2D eigenvalue weighted by Crippen LogP contribution is 2.58. The van der Waals surface area contributed by atoms with Gasteiger partial charge in [0, 0.05) is 37.7 Å². The van der Waals surface area contributed by atoms with Crippen LogP contribution >= 0.6 is 0 Å². The molecule has 30 aromatic rings. The molecule has 3 nitrogen and oxygen atoms in total. The van der Waals surface area contributed by atoms with Crippen molar-refractivity contribution in [3.63, 3.8) is 0 Å². The second-order valence-electron chi connectivity index (χ2n) is 36.7. The summed E-state index contributed by atoms with van der Waals surface area (Å²) in [6, 6.07) is 97.6. The quantitative estimate of drug-likeness (QED) is 0.123. The first kappa shape index (κ1) is 59.0. The van der Waals surface area contributed by atoms with Crippen LogP contribution in [0.25, 0.3) is 295 Å². The highest BCUT2D eigenvalue weighted by atomic mass is 16.3. The Morgan fingerprint density at radius 2 is 0.471 bits per heavy atom. The maximum Gasteiger partial charge on any atom is 0.136 e. The molecule has 650 valence electrons. The Kier molecular flexibility index (Phi) is 13.1. The molecule has 0 saturated carbocycles. The van der Waals surface area contributed by atoms with Gasteiger partial charge >= 0.3 is 0 Å². The monoisotopic (exact) mass is 1800 g/mol. The lowest BCUT2D eigenvalue weighted by Gasteiger charge is -2.26. The lowest BCUT2D eigenvalue weighted by atomic mass is 9.76. The van der Waals surface area contributed by atoms with Crippen LogP contribution in [0.2, 0.25) is 0 Å². The molecule has 3 heteroatoms. The van der Waals surface area contributed by atoms with E-state index in [0.717, 1.165) is 125 Å². The van der Waals surface area contributed by atoms with Crippen molar-refractivity contribution < 1.29 is 46.1 Å². The van der Waals surface area contributed by atoms with Crippen LogP contribution in [-0.4, -0.2) is 0 Å². The summed E-state index contributed by atoms with van der Waals surface area (Å²) in [5.74, 6) is 0.